The van der Waals surface area contributed by atoms with Gasteiger partial charge in [0.1, 0.15) is 11.5 Å². The van der Waals surface area contributed by atoms with Crippen molar-refractivity contribution >= 4 is 45.1 Å². The quantitative estimate of drug-likeness (QED) is 0.0953. The van der Waals surface area contributed by atoms with Gasteiger partial charge in [0.05, 0.1) is 26.8 Å². The molecular formula is C45H48N6O5. The molecule has 0 fully saturated rings. The Balaban J connectivity index is 1.02. The molecule has 3 amide bonds. The number of hydrogen-bond acceptors (Lipinski definition) is 6. The van der Waals surface area contributed by atoms with Crippen LogP contribution in [0.15, 0.2) is 109 Å². The fourth-order valence-corrected chi connectivity index (χ4v) is 7.46. The van der Waals surface area contributed by atoms with Gasteiger partial charge in [-0.05, 0) is 71.5 Å². The Kier molecular flexibility index (Phi) is 11.8. The molecule has 0 bridgehead atoms. The van der Waals surface area contributed by atoms with Crippen molar-refractivity contribution in [3.63, 3.8) is 0 Å². The molecule has 11 nitrogen and oxygen atoms in total. The Morgan fingerprint density at radius 1 is 0.839 bits per heavy atom. The monoisotopic (exact) mass is 752 g/mol. The van der Waals surface area contributed by atoms with E-state index in [1.807, 2.05) is 91.3 Å². The first kappa shape index (κ1) is 38.0. The largest absolute Gasteiger partial charge is 0.497 e. The fourth-order valence-electron chi connectivity index (χ4n) is 7.46. The van der Waals surface area contributed by atoms with Gasteiger partial charge >= 0.3 is 0 Å². The second-order valence-corrected chi connectivity index (χ2v) is 14.3. The smallest absolute Gasteiger partial charge is 0.251 e. The van der Waals surface area contributed by atoms with Crippen molar-refractivity contribution in [1.82, 2.24) is 30.4 Å². The van der Waals surface area contributed by atoms with Gasteiger partial charge in [-0.1, -0.05) is 54.6 Å². The number of rotatable bonds is 15. The highest BCUT2D eigenvalue weighted by Gasteiger charge is 2.24. The van der Waals surface area contributed by atoms with Crippen molar-refractivity contribution in [2.24, 2.45) is 0 Å². The molecular weight excluding hydrogens is 705 g/mol. The minimum Gasteiger partial charge on any atom is -0.497 e. The summed E-state index contributed by atoms with van der Waals surface area (Å²) < 4.78 is 10.9. The first-order valence-electron chi connectivity index (χ1n) is 18.9. The van der Waals surface area contributed by atoms with E-state index >= 15 is 0 Å². The lowest BCUT2D eigenvalue weighted by molar-refractivity contribution is -0.131. The van der Waals surface area contributed by atoms with E-state index in [0.29, 0.717) is 56.2 Å². The van der Waals surface area contributed by atoms with E-state index < -0.39 is 0 Å². The highest BCUT2D eigenvalue weighted by Crippen LogP contribution is 2.30. The molecule has 4 N–H and O–H groups in total. The summed E-state index contributed by atoms with van der Waals surface area (Å²) in [4.78, 5) is 50.5. The van der Waals surface area contributed by atoms with Gasteiger partial charge in [-0.25, -0.2) is 0 Å². The van der Waals surface area contributed by atoms with Gasteiger partial charge in [0.2, 0.25) is 11.8 Å². The summed E-state index contributed by atoms with van der Waals surface area (Å²) in [6.07, 6.45) is 7.45. The number of aromatic amines is 2. The summed E-state index contributed by atoms with van der Waals surface area (Å²) >= 11 is 0. The number of H-pyrrole nitrogens is 2. The molecule has 1 aliphatic heterocycles. The zero-order valence-electron chi connectivity index (χ0n) is 32.1. The van der Waals surface area contributed by atoms with Crippen LogP contribution in [0.1, 0.15) is 46.0 Å². The van der Waals surface area contributed by atoms with Crippen LogP contribution in [0.4, 0.5) is 0 Å². The molecule has 1 atom stereocenters. The van der Waals surface area contributed by atoms with Gasteiger partial charge in [0, 0.05) is 91.0 Å². The molecule has 6 aromatic rings. The highest BCUT2D eigenvalue weighted by atomic mass is 16.5. The molecule has 0 radical (unpaired) electrons. The van der Waals surface area contributed by atoms with E-state index in [1.165, 1.54) is 5.57 Å². The SMILES string of the molecule is COc1cc(CN(C[C@@H](Cc2c[nH]c3ccccc23)NC(=O)CN2CC=C(c3c[nH]c4ccc(C(=O)NCc5ccccc5)cc34)CC2)C(C)=O)cc(OC)c1. The van der Waals surface area contributed by atoms with Crippen molar-refractivity contribution in [2.45, 2.75) is 38.9 Å². The van der Waals surface area contributed by atoms with E-state index in [4.69, 9.17) is 9.47 Å². The van der Waals surface area contributed by atoms with E-state index in [0.717, 1.165) is 50.5 Å². The fraction of sp³-hybridized carbons (Fsp3) is 0.267. The second kappa shape index (κ2) is 17.4. The second-order valence-electron chi connectivity index (χ2n) is 14.3. The summed E-state index contributed by atoms with van der Waals surface area (Å²) in [7, 11) is 3.20. The Labute approximate surface area is 326 Å². The number of carbonyl (C=O) groups excluding carboxylic acids is 3. The average Bonchev–Trinajstić information content (AvgIpc) is 3.84. The van der Waals surface area contributed by atoms with E-state index in [9.17, 15) is 14.4 Å². The third-order valence-electron chi connectivity index (χ3n) is 10.4. The Morgan fingerprint density at radius 3 is 2.30 bits per heavy atom. The van der Waals surface area contributed by atoms with Gasteiger partial charge in [-0.3, -0.25) is 19.3 Å². The van der Waals surface area contributed by atoms with Crippen molar-refractivity contribution in [3.05, 3.63) is 137 Å². The lowest BCUT2D eigenvalue weighted by Crippen LogP contribution is -2.49. The molecule has 1 aliphatic rings. The number of amides is 3. The molecule has 4 aromatic carbocycles. The van der Waals surface area contributed by atoms with E-state index in [1.54, 1.807) is 32.1 Å². The first-order valence-corrected chi connectivity index (χ1v) is 18.9. The Bertz CT molecular complexity index is 2340. The van der Waals surface area contributed by atoms with Crippen LogP contribution >= 0.6 is 0 Å². The topological polar surface area (TPSA) is 132 Å². The predicted molar refractivity (Wildman–Crippen MR) is 220 cm³/mol. The zero-order valence-corrected chi connectivity index (χ0v) is 32.1. The van der Waals surface area contributed by atoms with Crippen molar-refractivity contribution < 1.29 is 23.9 Å². The van der Waals surface area contributed by atoms with Crippen LogP contribution < -0.4 is 20.1 Å². The van der Waals surface area contributed by atoms with Crippen LogP contribution in [0.3, 0.4) is 0 Å². The highest BCUT2D eigenvalue weighted by molar-refractivity contribution is 6.01. The number of fused-ring (bicyclic) bond motifs is 2. The number of methoxy groups -OCH3 is 2. The Hall–Kier alpha value is -6.33. The van der Waals surface area contributed by atoms with Crippen LogP contribution in [0.5, 0.6) is 11.5 Å². The number of nitrogens with one attached hydrogen (secondary N) is 4. The van der Waals surface area contributed by atoms with Crippen LogP contribution in [0.2, 0.25) is 0 Å². The lowest BCUT2D eigenvalue weighted by Gasteiger charge is -2.30. The van der Waals surface area contributed by atoms with Gasteiger partial charge in [0.15, 0.2) is 0 Å². The summed E-state index contributed by atoms with van der Waals surface area (Å²) in [6, 6.07) is 28.9. The first-order chi connectivity index (χ1) is 27.3. The minimum atomic E-state index is -0.348. The average molecular weight is 753 g/mol. The molecule has 2 aromatic heterocycles. The molecule has 0 unspecified atom stereocenters. The third kappa shape index (κ3) is 9.13. The number of nitrogens with zero attached hydrogens (tertiary/aromatic N) is 2. The maximum atomic E-state index is 13.8. The van der Waals surface area contributed by atoms with Gasteiger partial charge < -0.3 is 35.0 Å². The standard InChI is InChI=1S/C45H48N6O5/c1-30(52)51(27-32-19-37(55-2)23-38(20-32)56-3)28-36(21-35-25-46-42-12-8-7-11-39(35)42)49-44(53)29-50-17-15-33(16-18-50)41-26-47-43-14-13-34(22-40(41)43)45(54)48-24-31-9-5-4-6-10-31/h4-15,19-20,22-23,25-26,36,46-47H,16-18,21,24,27-29H2,1-3H3,(H,48,54)(H,49,53)/t36-/m1/s1. The number of ether oxygens (including phenoxy) is 2. The van der Waals surface area contributed by atoms with Crippen LogP contribution in [0.25, 0.3) is 27.4 Å². The van der Waals surface area contributed by atoms with Crippen molar-refractivity contribution in [1.29, 1.82) is 0 Å². The van der Waals surface area contributed by atoms with Crippen LogP contribution in [-0.2, 0) is 29.1 Å². The molecule has 56 heavy (non-hydrogen) atoms. The van der Waals surface area contributed by atoms with E-state index in [2.05, 4.69) is 37.6 Å². The third-order valence-corrected chi connectivity index (χ3v) is 10.4. The molecule has 0 saturated carbocycles. The van der Waals surface area contributed by atoms with Crippen molar-refractivity contribution in [3.8, 4) is 11.5 Å². The molecule has 11 heteroatoms. The zero-order chi connectivity index (χ0) is 39.0. The maximum Gasteiger partial charge on any atom is 0.251 e. The lowest BCUT2D eigenvalue weighted by atomic mass is 9.98. The van der Waals surface area contributed by atoms with Crippen LogP contribution in [-0.4, -0.2) is 83.9 Å². The van der Waals surface area contributed by atoms with Crippen molar-refractivity contribution in [2.75, 3.05) is 40.4 Å². The van der Waals surface area contributed by atoms with Gasteiger partial charge in [0.25, 0.3) is 5.91 Å². The normalized spacial score (nSPS) is 13.6. The Morgan fingerprint density at radius 2 is 1.57 bits per heavy atom. The molecule has 0 aliphatic carbocycles. The number of aromatic nitrogens is 2. The number of benzene rings is 4. The van der Waals surface area contributed by atoms with E-state index in [-0.39, 0.29) is 30.3 Å². The number of para-hydroxylation sites is 1. The van der Waals surface area contributed by atoms with Gasteiger partial charge in [-0.2, -0.15) is 0 Å². The molecule has 288 valence electrons. The predicted octanol–water partition coefficient (Wildman–Crippen LogP) is 6.46. The minimum absolute atomic E-state index is 0.100. The van der Waals surface area contributed by atoms with Gasteiger partial charge in [-0.15, -0.1) is 0 Å². The molecule has 7 rings (SSSR count). The summed E-state index contributed by atoms with van der Waals surface area (Å²) in [5.41, 5.74) is 7.82. The summed E-state index contributed by atoms with van der Waals surface area (Å²) in [5, 5.41) is 8.39. The summed E-state index contributed by atoms with van der Waals surface area (Å²) in [6.45, 7) is 4.19. The molecule has 3 heterocycles. The molecule has 0 saturated heterocycles. The number of hydrogen-bond donors (Lipinski definition) is 4. The van der Waals surface area contributed by atoms with Crippen LogP contribution in [0, 0.1) is 0 Å². The molecule has 0 spiro atoms. The number of carbonyl (C=O) groups is 3. The summed E-state index contributed by atoms with van der Waals surface area (Å²) in [5.74, 6) is 0.961. The maximum absolute atomic E-state index is 13.8.